The van der Waals surface area contributed by atoms with Gasteiger partial charge in [0.05, 0.1) is 4.90 Å². The monoisotopic (exact) mass is 437 g/mol. The summed E-state index contributed by atoms with van der Waals surface area (Å²) in [6.45, 7) is 3.37. The summed E-state index contributed by atoms with van der Waals surface area (Å²) in [5.41, 5.74) is 1.66. The Kier molecular flexibility index (Phi) is 5.15. The van der Waals surface area contributed by atoms with E-state index < -0.39 is 22.0 Å². The molecule has 1 atom stereocenters. The van der Waals surface area contributed by atoms with Crippen molar-refractivity contribution in [3.63, 3.8) is 0 Å². The van der Waals surface area contributed by atoms with Crippen LogP contribution in [0.2, 0.25) is 0 Å². The van der Waals surface area contributed by atoms with Gasteiger partial charge in [0.1, 0.15) is 11.9 Å². The van der Waals surface area contributed by atoms with Crippen LogP contribution in [0.1, 0.15) is 12.5 Å². The van der Waals surface area contributed by atoms with E-state index in [-0.39, 0.29) is 16.4 Å². The zero-order chi connectivity index (χ0) is 22.2. The van der Waals surface area contributed by atoms with Crippen molar-refractivity contribution in [2.24, 2.45) is 0 Å². The SMILES string of the molecule is Cc1ccc(S(=O)(=O)n2cc(-c3nccc(NC(C)C(=O)O)n3)c3cccnc32)cc1. The number of nitrogens with one attached hydrogen (secondary N) is 1. The van der Waals surface area contributed by atoms with Crippen LogP contribution in [0.5, 0.6) is 0 Å². The second-order valence-electron chi connectivity index (χ2n) is 7.00. The molecule has 10 heteroatoms. The number of carboxylic acid groups (broad SMARTS) is 1. The number of benzene rings is 1. The van der Waals surface area contributed by atoms with Crippen LogP contribution in [0.3, 0.4) is 0 Å². The van der Waals surface area contributed by atoms with Gasteiger partial charge in [-0.25, -0.2) is 27.3 Å². The van der Waals surface area contributed by atoms with E-state index >= 15 is 0 Å². The van der Waals surface area contributed by atoms with Crippen molar-refractivity contribution in [3.8, 4) is 11.4 Å². The summed E-state index contributed by atoms with van der Waals surface area (Å²) in [5.74, 6) is -0.463. The maximum absolute atomic E-state index is 13.3. The fourth-order valence-electron chi connectivity index (χ4n) is 3.07. The first-order valence-electron chi connectivity index (χ1n) is 9.38. The lowest BCUT2D eigenvalue weighted by Crippen LogP contribution is -2.25. The maximum atomic E-state index is 13.3. The summed E-state index contributed by atoms with van der Waals surface area (Å²) in [7, 11) is -3.90. The van der Waals surface area contributed by atoms with E-state index in [9.17, 15) is 13.2 Å². The smallest absolute Gasteiger partial charge is 0.325 e. The number of rotatable bonds is 6. The molecule has 158 valence electrons. The van der Waals surface area contributed by atoms with Crippen LogP contribution in [0.25, 0.3) is 22.4 Å². The predicted octanol–water partition coefficient (Wildman–Crippen LogP) is 2.92. The van der Waals surface area contributed by atoms with E-state index in [4.69, 9.17) is 5.11 Å². The molecule has 0 spiro atoms. The summed E-state index contributed by atoms with van der Waals surface area (Å²) >= 11 is 0. The fraction of sp³-hybridized carbons (Fsp3) is 0.143. The van der Waals surface area contributed by atoms with Crippen LogP contribution >= 0.6 is 0 Å². The molecular formula is C21H19N5O4S. The lowest BCUT2D eigenvalue weighted by Gasteiger charge is -2.10. The Morgan fingerprint density at radius 2 is 1.84 bits per heavy atom. The molecule has 1 unspecified atom stereocenters. The third-order valence-electron chi connectivity index (χ3n) is 4.74. The summed E-state index contributed by atoms with van der Waals surface area (Å²) in [6, 6.07) is 10.7. The van der Waals surface area contributed by atoms with Crippen molar-refractivity contribution >= 4 is 32.8 Å². The van der Waals surface area contributed by atoms with Gasteiger partial charge in [-0.1, -0.05) is 17.7 Å². The number of anilines is 1. The van der Waals surface area contributed by atoms with E-state index in [0.717, 1.165) is 9.54 Å². The van der Waals surface area contributed by atoms with Gasteiger partial charge in [-0.3, -0.25) is 4.79 Å². The first-order chi connectivity index (χ1) is 14.8. The summed E-state index contributed by atoms with van der Waals surface area (Å²) in [4.78, 5) is 24.2. The Hall–Kier alpha value is -3.79. The van der Waals surface area contributed by atoms with E-state index in [1.54, 1.807) is 42.5 Å². The van der Waals surface area contributed by atoms with Gasteiger partial charge in [0.25, 0.3) is 10.0 Å². The fourth-order valence-corrected chi connectivity index (χ4v) is 4.39. The summed E-state index contributed by atoms with van der Waals surface area (Å²) < 4.78 is 27.7. The highest BCUT2D eigenvalue weighted by molar-refractivity contribution is 7.90. The highest BCUT2D eigenvalue weighted by atomic mass is 32.2. The van der Waals surface area contributed by atoms with Gasteiger partial charge >= 0.3 is 5.97 Å². The Labute approximate surface area is 178 Å². The van der Waals surface area contributed by atoms with Crippen LogP contribution in [-0.4, -0.2) is 44.5 Å². The number of hydrogen-bond donors (Lipinski definition) is 2. The molecule has 3 aromatic heterocycles. The highest BCUT2D eigenvalue weighted by Gasteiger charge is 2.23. The van der Waals surface area contributed by atoms with E-state index in [0.29, 0.717) is 16.8 Å². The van der Waals surface area contributed by atoms with Crippen molar-refractivity contribution < 1.29 is 18.3 Å². The van der Waals surface area contributed by atoms with Crippen molar-refractivity contribution in [1.82, 2.24) is 18.9 Å². The predicted molar refractivity (Wildman–Crippen MR) is 115 cm³/mol. The highest BCUT2D eigenvalue weighted by Crippen LogP contribution is 2.30. The zero-order valence-corrected chi connectivity index (χ0v) is 17.5. The molecule has 0 bridgehead atoms. The van der Waals surface area contributed by atoms with Gasteiger partial charge in [-0.2, -0.15) is 0 Å². The minimum Gasteiger partial charge on any atom is -0.480 e. The average molecular weight is 437 g/mol. The summed E-state index contributed by atoms with van der Waals surface area (Å²) in [5, 5.41) is 12.4. The van der Waals surface area contributed by atoms with Gasteiger partial charge in [0.15, 0.2) is 11.5 Å². The molecule has 0 saturated carbocycles. The molecule has 0 aliphatic heterocycles. The van der Waals surface area contributed by atoms with E-state index in [1.807, 2.05) is 6.92 Å². The van der Waals surface area contributed by atoms with Crippen LogP contribution in [0.15, 0.2) is 66.0 Å². The Balaban J connectivity index is 1.85. The molecule has 0 aliphatic rings. The molecule has 0 fully saturated rings. The first-order valence-corrected chi connectivity index (χ1v) is 10.8. The third-order valence-corrected chi connectivity index (χ3v) is 6.41. The topological polar surface area (TPSA) is 127 Å². The number of aromatic nitrogens is 4. The molecule has 0 radical (unpaired) electrons. The van der Waals surface area contributed by atoms with Crippen molar-refractivity contribution in [2.75, 3.05) is 5.32 Å². The molecule has 0 aliphatic carbocycles. The lowest BCUT2D eigenvalue weighted by atomic mass is 10.2. The maximum Gasteiger partial charge on any atom is 0.325 e. The lowest BCUT2D eigenvalue weighted by molar-refractivity contribution is -0.137. The normalized spacial score (nSPS) is 12.6. The third kappa shape index (κ3) is 3.84. The number of aryl methyl sites for hydroxylation is 1. The van der Waals surface area contributed by atoms with Crippen molar-refractivity contribution in [3.05, 3.63) is 66.6 Å². The molecule has 2 N–H and O–H groups in total. The summed E-state index contributed by atoms with van der Waals surface area (Å²) in [6.07, 6.45) is 4.43. The minimum atomic E-state index is -3.90. The first kappa shape index (κ1) is 20.5. The molecule has 9 nitrogen and oxygen atoms in total. The molecule has 4 aromatic rings. The quantitative estimate of drug-likeness (QED) is 0.471. The Bertz CT molecular complexity index is 1380. The molecule has 31 heavy (non-hydrogen) atoms. The minimum absolute atomic E-state index is 0.138. The van der Waals surface area contributed by atoms with Gasteiger partial charge in [-0.05, 0) is 44.2 Å². The van der Waals surface area contributed by atoms with Crippen LogP contribution < -0.4 is 5.32 Å². The largest absolute Gasteiger partial charge is 0.480 e. The number of carboxylic acids is 1. The van der Waals surface area contributed by atoms with Gasteiger partial charge in [0, 0.05) is 29.5 Å². The van der Waals surface area contributed by atoms with Crippen LogP contribution in [0.4, 0.5) is 5.82 Å². The van der Waals surface area contributed by atoms with Crippen molar-refractivity contribution in [1.29, 1.82) is 0 Å². The second kappa shape index (κ2) is 7.80. The van der Waals surface area contributed by atoms with Gasteiger partial charge in [-0.15, -0.1) is 0 Å². The average Bonchev–Trinajstić information content (AvgIpc) is 3.15. The molecule has 3 heterocycles. The van der Waals surface area contributed by atoms with E-state index in [2.05, 4.69) is 20.3 Å². The van der Waals surface area contributed by atoms with Crippen LogP contribution in [0, 0.1) is 6.92 Å². The van der Waals surface area contributed by atoms with Crippen molar-refractivity contribution in [2.45, 2.75) is 24.8 Å². The molecule has 0 amide bonds. The Morgan fingerprint density at radius 3 is 2.55 bits per heavy atom. The Morgan fingerprint density at radius 1 is 1.10 bits per heavy atom. The number of pyridine rings is 1. The van der Waals surface area contributed by atoms with Gasteiger partial charge < -0.3 is 10.4 Å². The van der Waals surface area contributed by atoms with Gasteiger partial charge in [0.2, 0.25) is 0 Å². The second-order valence-corrected chi connectivity index (χ2v) is 8.82. The van der Waals surface area contributed by atoms with Crippen LogP contribution in [-0.2, 0) is 14.8 Å². The molecule has 0 saturated heterocycles. The standard InChI is InChI=1S/C21H19N5O4S/c1-13-5-7-15(8-6-13)31(29,30)26-12-17(16-4-3-10-23-20(16)26)19-22-11-9-18(25-19)24-14(2)21(27)28/h3-12,14H,1-2H3,(H,27,28)(H,22,24,25). The number of nitrogens with zero attached hydrogens (tertiary/aromatic N) is 4. The molecule has 4 rings (SSSR count). The zero-order valence-electron chi connectivity index (χ0n) is 16.7. The number of aliphatic carboxylic acids is 1. The number of hydrogen-bond acceptors (Lipinski definition) is 7. The van der Waals surface area contributed by atoms with E-state index in [1.165, 1.54) is 25.5 Å². The number of carbonyl (C=O) groups is 1. The molecular weight excluding hydrogens is 418 g/mol. The molecule has 1 aromatic carbocycles. The number of fused-ring (bicyclic) bond motifs is 1.